The maximum absolute atomic E-state index is 11.3. The van der Waals surface area contributed by atoms with Gasteiger partial charge in [0.25, 0.3) is 5.89 Å². The van der Waals surface area contributed by atoms with Gasteiger partial charge in [-0.25, -0.2) is 4.98 Å². The number of nitro groups is 1. The summed E-state index contributed by atoms with van der Waals surface area (Å²) >= 11 is 0. The molecule has 3 heterocycles. The highest BCUT2D eigenvalue weighted by atomic mass is 16.6. The Bertz CT molecular complexity index is 1020. The van der Waals surface area contributed by atoms with E-state index in [0.29, 0.717) is 30.6 Å². The van der Waals surface area contributed by atoms with E-state index in [1.54, 1.807) is 6.07 Å². The molecule has 0 unspecified atom stereocenters. The average molecular weight is 377 g/mol. The molecule has 8 heteroatoms. The maximum Gasteiger partial charge on any atom is 0.311 e. The molecular formula is C20H19N5O3. The van der Waals surface area contributed by atoms with Crippen molar-refractivity contribution in [3.8, 4) is 11.5 Å². The predicted octanol–water partition coefficient (Wildman–Crippen LogP) is 4.03. The van der Waals surface area contributed by atoms with E-state index in [9.17, 15) is 10.1 Å². The summed E-state index contributed by atoms with van der Waals surface area (Å²) in [5, 5.41) is 15.3. The van der Waals surface area contributed by atoms with Crippen molar-refractivity contribution >= 4 is 17.6 Å². The molecule has 1 aliphatic rings. The van der Waals surface area contributed by atoms with Crippen LogP contribution in [0.5, 0.6) is 0 Å². The normalized spacial score (nSPS) is 14.2. The molecule has 0 atom stereocenters. The molecule has 0 radical (unpaired) electrons. The van der Waals surface area contributed by atoms with E-state index in [4.69, 9.17) is 4.52 Å². The van der Waals surface area contributed by atoms with Gasteiger partial charge >= 0.3 is 5.69 Å². The van der Waals surface area contributed by atoms with Gasteiger partial charge < -0.3 is 9.42 Å². The lowest BCUT2D eigenvalue weighted by atomic mass is 10.0. The molecule has 3 aromatic rings. The van der Waals surface area contributed by atoms with Gasteiger partial charge in [-0.1, -0.05) is 28.9 Å². The smallest absolute Gasteiger partial charge is 0.311 e. The van der Waals surface area contributed by atoms with Crippen molar-refractivity contribution in [3.63, 3.8) is 0 Å². The highest BCUT2D eigenvalue weighted by molar-refractivity contribution is 5.60. The number of rotatable bonds is 4. The van der Waals surface area contributed by atoms with Crippen molar-refractivity contribution < 1.29 is 9.45 Å². The minimum absolute atomic E-state index is 0.0451. The number of hydrogen-bond donors (Lipinski definition) is 0. The van der Waals surface area contributed by atoms with Crippen LogP contribution in [0.3, 0.4) is 0 Å². The standard InChI is InChI=1S/C20H19N5O3/c1-14-7-8-17(25(26)27)19(21-14)24-11-9-15(10-12-24)13-18-22-20(28-23-18)16-5-3-2-4-6-16/h2-8,13H,9-12H2,1H3. The van der Waals surface area contributed by atoms with E-state index in [-0.39, 0.29) is 10.6 Å². The van der Waals surface area contributed by atoms with Crippen LogP contribution in [0, 0.1) is 17.0 Å². The van der Waals surface area contributed by atoms with Crippen LogP contribution < -0.4 is 4.90 Å². The summed E-state index contributed by atoms with van der Waals surface area (Å²) in [5.41, 5.74) is 2.88. The summed E-state index contributed by atoms with van der Waals surface area (Å²) in [4.78, 5) is 21.7. The Morgan fingerprint density at radius 1 is 1.11 bits per heavy atom. The van der Waals surface area contributed by atoms with Crippen molar-refractivity contribution in [1.29, 1.82) is 0 Å². The number of benzene rings is 1. The predicted molar refractivity (Wildman–Crippen MR) is 105 cm³/mol. The number of piperidine rings is 1. The SMILES string of the molecule is Cc1ccc([N+](=O)[O-])c(N2CCC(=Cc3noc(-c4ccccc4)n3)CC2)n1. The van der Waals surface area contributed by atoms with Gasteiger partial charge in [-0.3, -0.25) is 10.1 Å². The van der Waals surface area contributed by atoms with Crippen LogP contribution in [0.2, 0.25) is 0 Å². The maximum atomic E-state index is 11.3. The van der Waals surface area contributed by atoms with E-state index in [2.05, 4.69) is 15.1 Å². The molecule has 0 bridgehead atoms. The van der Waals surface area contributed by atoms with Crippen molar-refractivity contribution in [3.05, 3.63) is 69.7 Å². The van der Waals surface area contributed by atoms with Crippen LogP contribution in [0.25, 0.3) is 17.5 Å². The summed E-state index contributed by atoms with van der Waals surface area (Å²) in [6, 6.07) is 12.8. The molecule has 0 amide bonds. The van der Waals surface area contributed by atoms with Crippen LogP contribution in [0.15, 0.2) is 52.6 Å². The molecule has 0 N–H and O–H groups in total. The van der Waals surface area contributed by atoms with Gasteiger partial charge in [-0.2, -0.15) is 4.98 Å². The Balaban J connectivity index is 1.47. The average Bonchev–Trinajstić information content (AvgIpc) is 3.17. The molecule has 1 aromatic carbocycles. The molecular weight excluding hydrogens is 358 g/mol. The summed E-state index contributed by atoms with van der Waals surface area (Å²) in [7, 11) is 0. The zero-order valence-corrected chi connectivity index (χ0v) is 15.4. The molecule has 142 valence electrons. The number of aryl methyl sites for hydroxylation is 1. The molecule has 1 aliphatic heterocycles. The van der Waals surface area contributed by atoms with E-state index >= 15 is 0 Å². The summed E-state index contributed by atoms with van der Waals surface area (Å²) in [5.74, 6) is 1.47. The molecule has 28 heavy (non-hydrogen) atoms. The second-order valence-electron chi connectivity index (χ2n) is 6.67. The Morgan fingerprint density at radius 3 is 2.57 bits per heavy atom. The van der Waals surface area contributed by atoms with Gasteiger partial charge in [-0.05, 0) is 44.0 Å². The molecule has 1 saturated heterocycles. The van der Waals surface area contributed by atoms with Gasteiger partial charge in [0, 0.05) is 30.4 Å². The quantitative estimate of drug-likeness (QED) is 0.500. The van der Waals surface area contributed by atoms with E-state index < -0.39 is 0 Å². The third-order valence-corrected chi connectivity index (χ3v) is 4.69. The van der Waals surface area contributed by atoms with Crippen molar-refractivity contribution in [2.75, 3.05) is 18.0 Å². The lowest BCUT2D eigenvalue weighted by Gasteiger charge is -2.29. The van der Waals surface area contributed by atoms with E-state index in [1.807, 2.05) is 48.2 Å². The molecule has 2 aromatic heterocycles. The van der Waals surface area contributed by atoms with Gasteiger partial charge in [0.1, 0.15) is 0 Å². The Morgan fingerprint density at radius 2 is 1.86 bits per heavy atom. The molecule has 1 fully saturated rings. The lowest BCUT2D eigenvalue weighted by Crippen LogP contribution is -2.32. The topological polar surface area (TPSA) is 98.2 Å². The second kappa shape index (κ2) is 7.59. The largest absolute Gasteiger partial charge is 0.350 e. The third-order valence-electron chi connectivity index (χ3n) is 4.69. The van der Waals surface area contributed by atoms with Crippen molar-refractivity contribution in [2.45, 2.75) is 19.8 Å². The van der Waals surface area contributed by atoms with Crippen LogP contribution in [-0.4, -0.2) is 33.1 Å². The third kappa shape index (κ3) is 3.75. The zero-order valence-electron chi connectivity index (χ0n) is 15.4. The van der Waals surface area contributed by atoms with Crippen LogP contribution >= 0.6 is 0 Å². The highest BCUT2D eigenvalue weighted by Crippen LogP contribution is 2.30. The summed E-state index contributed by atoms with van der Waals surface area (Å²) in [6.45, 7) is 3.15. The first-order valence-corrected chi connectivity index (χ1v) is 9.06. The fourth-order valence-corrected chi connectivity index (χ4v) is 3.23. The zero-order chi connectivity index (χ0) is 19.5. The van der Waals surface area contributed by atoms with Crippen LogP contribution in [0.1, 0.15) is 24.4 Å². The first-order valence-electron chi connectivity index (χ1n) is 9.06. The highest BCUT2D eigenvalue weighted by Gasteiger charge is 2.24. The van der Waals surface area contributed by atoms with Gasteiger partial charge in [-0.15, -0.1) is 0 Å². The second-order valence-corrected chi connectivity index (χ2v) is 6.67. The molecule has 0 saturated carbocycles. The monoisotopic (exact) mass is 377 g/mol. The first kappa shape index (κ1) is 17.8. The van der Waals surface area contributed by atoms with Gasteiger partial charge in [0.2, 0.25) is 5.82 Å². The van der Waals surface area contributed by atoms with Crippen LogP contribution in [-0.2, 0) is 0 Å². The minimum atomic E-state index is -0.377. The Hall–Kier alpha value is -3.55. The Kier molecular flexibility index (Phi) is 4.84. The Labute approximate surface area is 161 Å². The van der Waals surface area contributed by atoms with Crippen LogP contribution in [0.4, 0.5) is 11.5 Å². The summed E-state index contributed by atoms with van der Waals surface area (Å²) < 4.78 is 5.34. The fourth-order valence-electron chi connectivity index (χ4n) is 3.23. The van der Waals surface area contributed by atoms with Crippen molar-refractivity contribution in [1.82, 2.24) is 15.1 Å². The van der Waals surface area contributed by atoms with Gasteiger partial charge in [0.05, 0.1) is 4.92 Å². The number of nitrogens with zero attached hydrogens (tertiary/aromatic N) is 5. The number of anilines is 1. The lowest BCUT2D eigenvalue weighted by molar-refractivity contribution is -0.384. The number of hydrogen-bond acceptors (Lipinski definition) is 7. The van der Waals surface area contributed by atoms with E-state index in [1.165, 1.54) is 11.6 Å². The minimum Gasteiger partial charge on any atom is -0.350 e. The number of pyridine rings is 1. The fraction of sp³-hybridized carbons (Fsp3) is 0.250. The molecule has 0 aliphatic carbocycles. The first-order chi connectivity index (χ1) is 13.6. The number of aromatic nitrogens is 3. The molecule has 4 rings (SSSR count). The molecule has 8 nitrogen and oxygen atoms in total. The molecule has 0 spiro atoms. The van der Waals surface area contributed by atoms with E-state index in [0.717, 1.165) is 24.1 Å². The van der Waals surface area contributed by atoms with Gasteiger partial charge in [0.15, 0.2) is 5.82 Å². The summed E-state index contributed by atoms with van der Waals surface area (Å²) in [6.07, 6.45) is 3.47. The van der Waals surface area contributed by atoms with Crippen molar-refractivity contribution in [2.24, 2.45) is 0 Å².